The Kier molecular flexibility index (Phi) is 2.17. The lowest BCUT2D eigenvalue weighted by Gasteiger charge is -2.12. The van der Waals surface area contributed by atoms with Gasteiger partial charge in [0.25, 0.3) is 0 Å². The van der Waals surface area contributed by atoms with Crippen molar-refractivity contribution in [3.63, 3.8) is 0 Å². The molecule has 62 valence electrons. The third kappa shape index (κ3) is 2.49. The lowest BCUT2D eigenvalue weighted by Crippen LogP contribution is -2.03. The Morgan fingerprint density at radius 3 is 2.27 bits per heavy atom. The Balaban J connectivity index is 2.73. The number of hydrogen-bond acceptors (Lipinski definition) is 1. The van der Waals surface area contributed by atoms with Gasteiger partial charge in [0, 0.05) is 6.42 Å². The first-order valence-corrected chi connectivity index (χ1v) is 4.24. The molecule has 0 aromatic rings. The smallest absolute Gasteiger partial charge is 0.158 e. The van der Waals surface area contributed by atoms with Crippen LogP contribution in [0.15, 0.2) is 11.6 Å². The largest absolute Gasteiger partial charge is 0.295 e. The van der Waals surface area contributed by atoms with Crippen LogP contribution in [-0.2, 0) is 4.79 Å². The van der Waals surface area contributed by atoms with E-state index in [1.54, 1.807) is 0 Å². The van der Waals surface area contributed by atoms with Crippen molar-refractivity contribution in [2.24, 2.45) is 5.41 Å². The van der Waals surface area contributed by atoms with Crippen LogP contribution in [0.5, 0.6) is 0 Å². The standard InChI is InChI=1S/C10H16O/c1-10(2,3)7-8-5-4-6-9(8)11/h7H,4-6H2,1-3H3/b8-7+. The summed E-state index contributed by atoms with van der Waals surface area (Å²) in [6.45, 7) is 6.39. The van der Waals surface area contributed by atoms with Gasteiger partial charge in [-0.1, -0.05) is 26.8 Å². The van der Waals surface area contributed by atoms with Crippen LogP contribution in [0.4, 0.5) is 0 Å². The first-order valence-electron chi connectivity index (χ1n) is 4.24. The maximum Gasteiger partial charge on any atom is 0.158 e. The summed E-state index contributed by atoms with van der Waals surface area (Å²) in [5, 5.41) is 0. The van der Waals surface area contributed by atoms with Gasteiger partial charge in [-0.3, -0.25) is 4.79 Å². The summed E-state index contributed by atoms with van der Waals surface area (Å²) >= 11 is 0. The summed E-state index contributed by atoms with van der Waals surface area (Å²) in [6.07, 6.45) is 4.93. The topological polar surface area (TPSA) is 17.1 Å². The molecule has 0 atom stereocenters. The number of ketones is 1. The maximum absolute atomic E-state index is 11.2. The van der Waals surface area contributed by atoms with Gasteiger partial charge in [0.1, 0.15) is 0 Å². The van der Waals surface area contributed by atoms with Gasteiger partial charge in [0.05, 0.1) is 0 Å². The molecule has 0 aliphatic heterocycles. The van der Waals surface area contributed by atoms with E-state index in [9.17, 15) is 4.79 Å². The highest BCUT2D eigenvalue weighted by Gasteiger charge is 2.19. The van der Waals surface area contributed by atoms with E-state index in [2.05, 4.69) is 26.8 Å². The summed E-state index contributed by atoms with van der Waals surface area (Å²) < 4.78 is 0. The van der Waals surface area contributed by atoms with E-state index in [-0.39, 0.29) is 5.41 Å². The van der Waals surface area contributed by atoms with Crippen LogP contribution in [-0.4, -0.2) is 5.78 Å². The fourth-order valence-corrected chi connectivity index (χ4v) is 1.41. The minimum Gasteiger partial charge on any atom is -0.295 e. The van der Waals surface area contributed by atoms with Crippen LogP contribution >= 0.6 is 0 Å². The summed E-state index contributed by atoms with van der Waals surface area (Å²) in [6, 6.07) is 0. The van der Waals surface area contributed by atoms with Crippen LogP contribution in [0.1, 0.15) is 40.0 Å². The maximum atomic E-state index is 11.2. The van der Waals surface area contributed by atoms with Crippen molar-refractivity contribution in [3.8, 4) is 0 Å². The Morgan fingerprint density at radius 2 is 1.91 bits per heavy atom. The molecular formula is C10H16O. The van der Waals surface area contributed by atoms with Crippen molar-refractivity contribution in [1.82, 2.24) is 0 Å². The lowest BCUT2D eigenvalue weighted by molar-refractivity contribution is -0.114. The predicted octanol–water partition coefficient (Wildman–Crippen LogP) is 2.71. The molecule has 0 N–H and O–H groups in total. The van der Waals surface area contributed by atoms with Gasteiger partial charge in [0.15, 0.2) is 5.78 Å². The Labute approximate surface area is 68.5 Å². The van der Waals surface area contributed by atoms with E-state index >= 15 is 0 Å². The number of hydrogen-bond donors (Lipinski definition) is 0. The van der Waals surface area contributed by atoms with E-state index < -0.39 is 0 Å². The Morgan fingerprint density at radius 1 is 1.27 bits per heavy atom. The van der Waals surface area contributed by atoms with E-state index in [1.807, 2.05) is 0 Å². The molecule has 1 rings (SSSR count). The first-order chi connectivity index (χ1) is 4.99. The fraction of sp³-hybridized carbons (Fsp3) is 0.700. The van der Waals surface area contributed by atoms with Gasteiger partial charge >= 0.3 is 0 Å². The van der Waals surface area contributed by atoms with Crippen molar-refractivity contribution in [1.29, 1.82) is 0 Å². The molecule has 1 nitrogen and oxygen atoms in total. The SMILES string of the molecule is CC(C)(C)/C=C1\CCCC1=O. The van der Waals surface area contributed by atoms with Crippen molar-refractivity contribution in [2.75, 3.05) is 0 Å². The molecule has 1 fully saturated rings. The molecule has 1 heteroatoms. The van der Waals surface area contributed by atoms with Crippen molar-refractivity contribution < 1.29 is 4.79 Å². The summed E-state index contributed by atoms with van der Waals surface area (Å²) in [4.78, 5) is 11.2. The van der Waals surface area contributed by atoms with Crippen LogP contribution < -0.4 is 0 Å². The zero-order valence-corrected chi connectivity index (χ0v) is 7.61. The van der Waals surface area contributed by atoms with Crippen LogP contribution in [0, 0.1) is 5.41 Å². The lowest BCUT2D eigenvalue weighted by atomic mass is 9.93. The van der Waals surface area contributed by atoms with Crippen LogP contribution in [0.3, 0.4) is 0 Å². The molecular weight excluding hydrogens is 136 g/mol. The fourth-order valence-electron chi connectivity index (χ4n) is 1.41. The van der Waals surface area contributed by atoms with Crippen molar-refractivity contribution >= 4 is 5.78 Å². The molecule has 1 saturated carbocycles. The second-order valence-electron chi connectivity index (χ2n) is 4.31. The number of allylic oxidation sites excluding steroid dienone is 2. The molecule has 0 saturated heterocycles. The number of Topliss-reactive ketones (excluding diaryl/α,β-unsaturated/α-hetero) is 1. The van der Waals surface area contributed by atoms with Gasteiger partial charge < -0.3 is 0 Å². The second-order valence-corrected chi connectivity index (χ2v) is 4.31. The Bertz CT molecular complexity index is 193. The third-order valence-electron chi connectivity index (χ3n) is 1.82. The highest BCUT2D eigenvalue weighted by molar-refractivity contribution is 5.97. The summed E-state index contributed by atoms with van der Waals surface area (Å²) in [5.41, 5.74) is 1.22. The van der Waals surface area contributed by atoms with Crippen LogP contribution in [0.2, 0.25) is 0 Å². The number of rotatable bonds is 0. The predicted molar refractivity (Wildman–Crippen MR) is 46.4 cm³/mol. The van der Waals surface area contributed by atoms with E-state index in [0.717, 1.165) is 24.8 Å². The van der Waals surface area contributed by atoms with E-state index in [1.165, 1.54) is 0 Å². The van der Waals surface area contributed by atoms with Crippen LogP contribution in [0.25, 0.3) is 0 Å². The third-order valence-corrected chi connectivity index (χ3v) is 1.82. The molecule has 11 heavy (non-hydrogen) atoms. The monoisotopic (exact) mass is 152 g/mol. The Hall–Kier alpha value is -0.590. The minimum absolute atomic E-state index is 0.162. The average molecular weight is 152 g/mol. The molecule has 0 aromatic heterocycles. The molecule has 0 heterocycles. The van der Waals surface area contributed by atoms with Crippen molar-refractivity contribution in [2.45, 2.75) is 40.0 Å². The quantitative estimate of drug-likeness (QED) is 0.488. The highest BCUT2D eigenvalue weighted by Crippen LogP contribution is 2.26. The molecule has 0 bridgehead atoms. The highest BCUT2D eigenvalue weighted by atomic mass is 16.1. The molecule has 1 aliphatic carbocycles. The van der Waals surface area contributed by atoms with E-state index in [4.69, 9.17) is 0 Å². The van der Waals surface area contributed by atoms with Gasteiger partial charge in [-0.05, 0) is 23.8 Å². The van der Waals surface area contributed by atoms with Gasteiger partial charge in [-0.15, -0.1) is 0 Å². The normalized spacial score (nSPS) is 23.2. The molecule has 0 amide bonds. The molecule has 0 radical (unpaired) electrons. The molecule has 0 spiro atoms. The first kappa shape index (κ1) is 8.51. The van der Waals surface area contributed by atoms with Crippen molar-refractivity contribution in [3.05, 3.63) is 11.6 Å². The van der Waals surface area contributed by atoms with Gasteiger partial charge in [-0.25, -0.2) is 0 Å². The number of carbonyl (C=O) groups excluding carboxylic acids is 1. The minimum atomic E-state index is 0.162. The summed E-state index contributed by atoms with van der Waals surface area (Å²) in [7, 11) is 0. The summed E-state index contributed by atoms with van der Waals surface area (Å²) in [5.74, 6) is 0.361. The molecule has 1 aliphatic rings. The molecule has 0 aromatic carbocycles. The zero-order valence-electron chi connectivity index (χ0n) is 7.61. The van der Waals surface area contributed by atoms with Gasteiger partial charge in [0.2, 0.25) is 0 Å². The van der Waals surface area contributed by atoms with Gasteiger partial charge in [-0.2, -0.15) is 0 Å². The number of carbonyl (C=O) groups is 1. The average Bonchev–Trinajstić information content (AvgIpc) is 2.12. The van der Waals surface area contributed by atoms with E-state index in [0.29, 0.717) is 5.78 Å². The second kappa shape index (κ2) is 2.80. The zero-order chi connectivity index (χ0) is 8.48. The molecule has 0 unspecified atom stereocenters.